The van der Waals surface area contributed by atoms with E-state index in [2.05, 4.69) is 29.9 Å². The Labute approximate surface area is 228 Å². The molecule has 14 nitrogen and oxygen atoms in total. The van der Waals surface area contributed by atoms with Crippen molar-refractivity contribution in [2.45, 2.75) is 44.3 Å². The van der Waals surface area contributed by atoms with Crippen LogP contribution in [0, 0.1) is 0 Å². The second-order valence-electron chi connectivity index (χ2n) is 8.79. The molecule has 0 fully saturated rings. The standard InChI is InChI=1S/C24H35N7O7S/c1-15(2)38-21(22-25-11-18(36-6)12-26-22)16(3)39(32,33)30-24-29-28-23(19-9-8-10-20(27-19)37-7)31(24)17(13-34-4)14-35-5/h8-12,15-17,21H,13-14H2,1-7H3,(H,29,30)/t16-,21+/m0/s1. The first kappa shape index (κ1) is 30.1. The maximum absolute atomic E-state index is 13.7. The minimum Gasteiger partial charge on any atom is -0.494 e. The molecule has 0 aliphatic heterocycles. The van der Waals surface area contributed by atoms with Crippen LogP contribution < -0.4 is 14.2 Å². The summed E-state index contributed by atoms with van der Waals surface area (Å²) in [5.74, 6) is 1.25. The molecule has 0 amide bonds. The molecule has 0 aliphatic carbocycles. The lowest BCUT2D eigenvalue weighted by molar-refractivity contribution is 0.00147. The lowest BCUT2D eigenvalue weighted by Crippen LogP contribution is -2.35. The molecule has 0 saturated heterocycles. The summed E-state index contributed by atoms with van der Waals surface area (Å²) in [6.45, 7) is 5.48. The second-order valence-corrected chi connectivity index (χ2v) is 10.8. The molecule has 0 radical (unpaired) electrons. The molecule has 0 spiro atoms. The van der Waals surface area contributed by atoms with Crippen LogP contribution in [0.3, 0.4) is 0 Å². The third kappa shape index (κ3) is 7.38. The Hall–Kier alpha value is -3.40. The van der Waals surface area contributed by atoms with Crippen LogP contribution in [-0.2, 0) is 24.2 Å². The SMILES string of the molecule is COCC(COC)n1c(NS(=O)(=O)[C@@H](C)[C@@H](OC(C)C)c2ncc(OC)cn2)nnc1-c1cccc(OC)n1. The van der Waals surface area contributed by atoms with Gasteiger partial charge in [-0.2, -0.15) is 0 Å². The quantitative estimate of drug-likeness (QED) is 0.287. The second kappa shape index (κ2) is 13.6. The number of rotatable bonds is 15. The molecule has 0 bridgehead atoms. The zero-order chi connectivity index (χ0) is 28.6. The maximum atomic E-state index is 13.7. The molecule has 1 N–H and O–H groups in total. The van der Waals surface area contributed by atoms with Crippen molar-refractivity contribution in [1.82, 2.24) is 29.7 Å². The number of nitrogens with zero attached hydrogens (tertiary/aromatic N) is 6. The summed E-state index contributed by atoms with van der Waals surface area (Å²) < 4.78 is 58.7. The highest BCUT2D eigenvalue weighted by molar-refractivity contribution is 7.93. The molecule has 3 heterocycles. The number of anilines is 1. The van der Waals surface area contributed by atoms with E-state index in [0.717, 1.165) is 0 Å². The van der Waals surface area contributed by atoms with Gasteiger partial charge in [0.05, 0.1) is 52.0 Å². The van der Waals surface area contributed by atoms with Crippen LogP contribution in [0.1, 0.15) is 38.7 Å². The normalized spacial score (nSPS) is 13.5. The van der Waals surface area contributed by atoms with Crippen molar-refractivity contribution >= 4 is 16.0 Å². The first-order chi connectivity index (χ1) is 18.6. The van der Waals surface area contributed by atoms with Gasteiger partial charge < -0.3 is 23.7 Å². The number of nitrogens with one attached hydrogen (secondary N) is 1. The number of pyridine rings is 1. The molecular weight excluding hydrogens is 530 g/mol. The third-order valence-electron chi connectivity index (χ3n) is 5.65. The molecule has 0 unspecified atom stereocenters. The largest absolute Gasteiger partial charge is 0.494 e. The van der Waals surface area contributed by atoms with Gasteiger partial charge in [-0.05, 0) is 26.8 Å². The average Bonchev–Trinajstić information content (AvgIpc) is 3.33. The molecule has 3 aromatic heterocycles. The van der Waals surface area contributed by atoms with Crippen molar-refractivity contribution in [3.63, 3.8) is 0 Å². The van der Waals surface area contributed by atoms with Crippen molar-refractivity contribution in [3.05, 3.63) is 36.4 Å². The number of methoxy groups -OCH3 is 4. The Kier molecular flexibility index (Phi) is 10.5. The summed E-state index contributed by atoms with van der Waals surface area (Å²) in [6.07, 6.45) is 1.62. The van der Waals surface area contributed by atoms with Crippen molar-refractivity contribution in [3.8, 4) is 23.1 Å². The van der Waals surface area contributed by atoms with Crippen molar-refractivity contribution in [1.29, 1.82) is 0 Å². The maximum Gasteiger partial charge on any atom is 0.240 e. The molecule has 0 aromatic carbocycles. The molecular formula is C24H35N7O7S. The Bertz CT molecular complexity index is 1300. The van der Waals surface area contributed by atoms with Gasteiger partial charge in [-0.1, -0.05) is 6.07 Å². The summed E-state index contributed by atoms with van der Waals surface area (Å²) in [5.41, 5.74) is 0.421. The van der Waals surface area contributed by atoms with E-state index in [1.165, 1.54) is 47.8 Å². The van der Waals surface area contributed by atoms with E-state index >= 15 is 0 Å². The number of sulfonamides is 1. The number of hydrogen-bond acceptors (Lipinski definition) is 12. The molecule has 0 aliphatic rings. The lowest BCUT2D eigenvalue weighted by atomic mass is 10.2. The van der Waals surface area contributed by atoms with E-state index in [1.54, 1.807) is 36.6 Å². The minimum absolute atomic E-state index is 0.0421. The molecule has 2 atom stereocenters. The Morgan fingerprint density at radius 1 is 0.949 bits per heavy atom. The van der Waals surface area contributed by atoms with E-state index in [1.807, 2.05) is 0 Å². The molecule has 3 rings (SSSR count). The van der Waals surface area contributed by atoms with E-state index in [4.69, 9.17) is 23.7 Å². The van der Waals surface area contributed by atoms with E-state index in [9.17, 15) is 8.42 Å². The summed E-state index contributed by atoms with van der Waals surface area (Å²) in [7, 11) is 1.93. The first-order valence-electron chi connectivity index (χ1n) is 12.1. The van der Waals surface area contributed by atoms with Crippen molar-refractivity contribution in [2.75, 3.05) is 46.4 Å². The minimum atomic E-state index is -4.13. The van der Waals surface area contributed by atoms with Crippen LogP contribution in [-0.4, -0.2) is 91.1 Å². The van der Waals surface area contributed by atoms with E-state index < -0.39 is 27.4 Å². The molecule has 39 heavy (non-hydrogen) atoms. The third-order valence-corrected chi connectivity index (χ3v) is 7.34. The summed E-state index contributed by atoms with van der Waals surface area (Å²) >= 11 is 0. The van der Waals surface area contributed by atoms with Gasteiger partial charge in [0.1, 0.15) is 17.0 Å². The topological polar surface area (TPSA) is 162 Å². The fourth-order valence-electron chi connectivity index (χ4n) is 3.75. The Morgan fingerprint density at radius 2 is 1.62 bits per heavy atom. The Morgan fingerprint density at radius 3 is 2.18 bits per heavy atom. The van der Waals surface area contributed by atoms with Gasteiger partial charge >= 0.3 is 0 Å². The lowest BCUT2D eigenvalue weighted by Gasteiger charge is -2.26. The van der Waals surface area contributed by atoms with Crippen LogP contribution in [0.4, 0.5) is 5.95 Å². The van der Waals surface area contributed by atoms with Crippen LogP contribution in [0.2, 0.25) is 0 Å². The van der Waals surface area contributed by atoms with Gasteiger partial charge in [0, 0.05) is 20.3 Å². The summed E-state index contributed by atoms with van der Waals surface area (Å²) in [4.78, 5) is 13.0. The highest BCUT2D eigenvalue weighted by Crippen LogP contribution is 2.30. The number of ether oxygens (including phenoxy) is 5. The van der Waals surface area contributed by atoms with Gasteiger partial charge in [-0.3, -0.25) is 9.29 Å². The van der Waals surface area contributed by atoms with Gasteiger partial charge in [0.15, 0.2) is 17.4 Å². The average molecular weight is 566 g/mol. The van der Waals surface area contributed by atoms with Gasteiger partial charge in [0.25, 0.3) is 0 Å². The van der Waals surface area contributed by atoms with E-state index in [-0.39, 0.29) is 31.1 Å². The fraction of sp³-hybridized carbons (Fsp3) is 0.542. The predicted molar refractivity (Wildman–Crippen MR) is 142 cm³/mol. The molecule has 3 aromatic rings. The van der Waals surface area contributed by atoms with Crippen molar-refractivity contribution < 1.29 is 32.1 Å². The monoisotopic (exact) mass is 565 g/mol. The molecule has 15 heteroatoms. The fourth-order valence-corrected chi connectivity index (χ4v) is 4.84. The number of hydrogen-bond donors (Lipinski definition) is 1. The zero-order valence-electron chi connectivity index (χ0n) is 23.1. The zero-order valence-corrected chi connectivity index (χ0v) is 23.9. The van der Waals surface area contributed by atoms with Gasteiger partial charge in [-0.15, -0.1) is 10.2 Å². The van der Waals surface area contributed by atoms with Crippen LogP contribution in [0.15, 0.2) is 30.6 Å². The highest BCUT2D eigenvalue weighted by Gasteiger charge is 2.36. The molecule has 214 valence electrons. The van der Waals surface area contributed by atoms with Gasteiger partial charge in [-0.25, -0.2) is 23.4 Å². The van der Waals surface area contributed by atoms with Gasteiger partial charge in [0.2, 0.25) is 21.9 Å². The van der Waals surface area contributed by atoms with Crippen molar-refractivity contribution in [2.24, 2.45) is 0 Å². The number of aromatic nitrogens is 6. The summed E-state index contributed by atoms with van der Waals surface area (Å²) in [6, 6.07) is 4.66. The van der Waals surface area contributed by atoms with Crippen LogP contribution in [0.25, 0.3) is 11.5 Å². The van der Waals surface area contributed by atoms with E-state index in [0.29, 0.717) is 23.1 Å². The van der Waals surface area contributed by atoms with Crippen LogP contribution in [0.5, 0.6) is 11.6 Å². The smallest absolute Gasteiger partial charge is 0.240 e. The Balaban J connectivity index is 2.04. The first-order valence-corrected chi connectivity index (χ1v) is 13.7. The van der Waals surface area contributed by atoms with Crippen LogP contribution >= 0.6 is 0 Å². The summed E-state index contributed by atoms with van der Waals surface area (Å²) in [5, 5.41) is 7.28. The highest BCUT2D eigenvalue weighted by atomic mass is 32.2. The predicted octanol–water partition coefficient (Wildman–Crippen LogP) is 2.28. The molecule has 0 saturated carbocycles.